The number of rotatable bonds is 3. The fourth-order valence-corrected chi connectivity index (χ4v) is 2.01. The maximum Gasteiger partial charge on any atom is 0.0696 e. The molecule has 1 atom stereocenters. The topological polar surface area (TPSA) is 40.9 Å². The van der Waals surface area contributed by atoms with Crippen molar-refractivity contribution in [2.24, 2.45) is 5.92 Å². The highest BCUT2D eigenvalue weighted by Crippen LogP contribution is 2.13. The van der Waals surface area contributed by atoms with Gasteiger partial charge in [0.15, 0.2) is 0 Å². The zero-order valence-electron chi connectivity index (χ0n) is 8.91. The quantitative estimate of drug-likeness (QED) is 0.820. The molecule has 0 heterocycles. The Labute approximate surface area is 86.3 Å². The number of nitrogens with one attached hydrogen (secondary N) is 1. The average molecular weight is 211 g/mol. The highest BCUT2D eigenvalue weighted by atomic mass is 32.2. The van der Waals surface area contributed by atoms with Crippen LogP contribution in [-0.4, -0.2) is 10.5 Å². The second-order valence-corrected chi connectivity index (χ2v) is 6.24. The van der Waals surface area contributed by atoms with Crippen molar-refractivity contribution in [1.29, 1.82) is 4.78 Å². The van der Waals surface area contributed by atoms with Crippen molar-refractivity contribution in [1.82, 2.24) is 0 Å². The van der Waals surface area contributed by atoms with Crippen molar-refractivity contribution >= 4 is 9.73 Å². The van der Waals surface area contributed by atoms with E-state index < -0.39 is 9.73 Å². The molecule has 0 saturated heterocycles. The molecule has 1 aromatic rings. The summed E-state index contributed by atoms with van der Waals surface area (Å²) in [5.74, 6) is 0.628. The summed E-state index contributed by atoms with van der Waals surface area (Å²) in [6.07, 6.45) is 2.48. The van der Waals surface area contributed by atoms with Crippen molar-refractivity contribution in [3.63, 3.8) is 0 Å². The van der Waals surface area contributed by atoms with E-state index >= 15 is 0 Å². The minimum absolute atomic E-state index is 0.616. The smallest absolute Gasteiger partial charge is 0.0696 e. The van der Waals surface area contributed by atoms with Gasteiger partial charge in [-0.1, -0.05) is 26.0 Å². The Morgan fingerprint density at radius 3 is 2.14 bits per heavy atom. The number of benzene rings is 1. The molecule has 0 amide bonds. The van der Waals surface area contributed by atoms with Crippen LogP contribution in [0.2, 0.25) is 0 Å². The van der Waals surface area contributed by atoms with E-state index in [0.717, 1.165) is 6.42 Å². The Hall–Kier alpha value is -0.830. The van der Waals surface area contributed by atoms with Crippen LogP contribution in [0.4, 0.5) is 0 Å². The van der Waals surface area contributed by atoms with Crippen LogP contribution in [0.5, 0.6) is 0 Å². The van der Waals surface area contributed by atoms with Crippen LogP contribution in [0.25, 0.3) is 0 Å². The lowest BCUT2D eigenvalue weighted by molar-refractivity contribution is 0.647. The van der Waals surface area contributed by atoms with Crippen LogP contribution in [0, 0.1) is 10.7 Å². The van der Waals surface area contributed by atoms with Crippen molar-refractivity contribution in [2.75, 3.05) is 6.26 Å². The second-order valence-electron chi connectivity index (χ2n) is 4.09. The van der Waals surface area contributed by atoms with Crippen LogP contribution in [-0.2, 0) is 16.1 Å². The summed E-state index contributed by atoms with van der Waals surface area (Å²) in [6.45, 7) is 4.34. The third-order valence-electron chi connectivity index (χ3n) is 2.02. The molecule has 0 radical (unpaired) electrons. The van der Waals surface area contributed by atoms with Crippen molar-refractivity contribution in [2.45, 2.75) is 25.2 Å². The molecule has 1 rings (SSSR count). The van der Waals surface area contributed by atoms with Gasteiger partial charge in [-0.05, 0) is 30.0 Å². The van der Waals surface area contributed by atoms with E-state index in [2.05, 4.69) is 13.8 Å². The maximum absolute atomic E-state index is 11.4. The fourth-order valence-electron chi connectivity index (χ4n) is 1.36. The summed E-state index contributed by atoms with van der Waals surface area (Å²) < 4.78 is 18.8. The molecule has 0 aliphatic carbocycles. The Bertz CT molecular complexity index is 390. The lowest BCUT2D eigenvalue weighted by atomic mass is 10.0. The van der Waals surface area contributed by atoms with Crippen molar-refractivity contribution < 1.29 is 4.21 Å². The van der Waals surface area contributed by atoms with Gasteiger partial charge in [0.1, 0.15) is 0 Å². The molecule has 0 aromatic heterocycles. The first-order chi connectivity index (χ1) is 6.39. The van der Waals surface area contributed by atoms with E-state index in [9.17, 15) is 4.21 Å². The summed E-state index contributed by atoms with van der Waals surface area (Å²) in [4.78, 5) is 0.616. The molecule has 3 heteroatoms. The SMILES string of the molecule is CC(C)Cc1ccc(S(C)(=N)=O)cc1. The first kappa shape index (κ1) is 11.2. The molecule has 14 heavy (non-hydrogen) atoms. The van der Waals surface area contributed by atoms with Gasteiger partial charge in [-0.2, -0.15) is 0 Å². The first-order valence-electron chi connectivity index (χ1n) is 4.72. The maximum atomic E-state index is 11.4. The zero-order chi connectivity index (χ0) is 10.8. The molecule has 0 aliphatic heterocycles. The van der Waals surface area contributed by atoms with Crippen LogP contribution >= 0.6 is 0 Å². The monoisotopic (exact) mass is 211 g/mol. The molecule has 0 bridgehead atoms. The molecule has 78 valence electrons. The number of hydrogen-bond donors (Lipinski definition) is 1. The van der Waals surface area contributed by atoms with Gasteiger partial charge in [0, 0.05) is 11.2 Å². The van der Waals surface area contributed by atoms with Crippen LogP contribution < -0.4 is 0 Å². The second kappa shape index (κ2) is 4.13. The van der Waals surface area contributed by atoms with Crippen LogP contribution in [0.3, 0.4) is 0 Å². The van der Waals surface area contributed by atoms with Crippen LogP contribution in [0.1, 0.15) is 19.4 Å². The van der Waals surface area contributed by atoms with Gasteiger partial charge in [-0.25, -0.2) is 8.99 Å². The minimum atomic E-state index is -2.55. The Kier molecular flexibility index (Phi) is 3.32. The summed E-state index contributed by atoms with van der Waals surface area (Å²) in [5.41, 5.74) is 1.24. The zero-order valence-corrected chi connectivity index (χ0v) is 9.73. The Morgan fingerprint density at radius 2 is 1.79 bits per heavy atom. The van der Waals surface area contributed by atoms with Crippen molar-refractivity contribution in [3.8, 4) is 0 Å². The molecular formula is C11H17NOS. The highest BCUT2D eigenvalue weighted by Gasteiger charge is 2.03. The number of hydrogen-bond acceptors (Lipinski definition) is 2. The van der Waals surface area contributed by atoms with Gasteiger partial charge < -0.3 is 0 Å². The molecule has 1 N–H and O–H groups in total. The largest absolute Gasteiger partial charge is 0.249 e. The van der Waals surface area contributed by atoms with E-state index in [1.807, 2.05) is 12.1 Å². The predicted molar refractivity (Wildman–Crippen MR) is 60.0 cm³/mol. The normalized spacial score (nSPS) is 15.4. The van der Waals surface area contributed by atoms with E-state index in [0.29, 0.717) is 10.8 Å². The molecule has 0 fully saturated rings. The summed E-state index contributed by atoms with van der Waals surface area (Å²) in [7, 11) is -2.55. The third-order valence-corrected chi connectivity index (χ3v) is 3.19. The molecule has 1 aromatic carbocycles. The molecule has 0 saturated carbocycles. The van der Waals surface area contributed by atoms with E-state index in [-0.39, 0.29) is 0 Å². The Balaban J connectivity index is 2.90. The van der Waals surface area contributed by atoms with Gasteiger partial charge in [0.2, 0.25) is 0 Å². The summed E-state index contributed by atoms with van der Waals surface area (Å²) in [6, 6.07) is 7.53. The molecule has 2 nitrogen and oxygen atoms in total. The Morgan fingerprint density at radius 1 is 1.29 bits per heavy atom. The molecule has 1 unspecified atom stereocenters. The van der Waals surface area contributed by atoms with Gasteiger partial charge in [0.25, 0.3) is 0 Å². The van der Waals surface area contributed by atoms with E-state index in [4.69, 9.17) is 4.78 Å². The molecular weight excluding hydrogens is 194 g/mol. The van der Waals surface area contributed by atoms with Crippen molar-refractivity contribution in [3.05, 3.63) is 29.8 Å². The van der Waals surface area contributed by atoms with E-state index in [1.165, 1.54) is 11.8 Å². The fraction of sp³-hybridized carbons (Fsp3) is 0.455. The lowest BCUT2D eigenvalue weighted by Gasteiger charge is -2.06. The summed E-state index contributed by atoms with van der Waals surface area (Å²) >= 11 is 0. The highest BCUT2D eigenvalue weighted by molar-refractivity contribution is 7.91. The lowest BCUT2D eigenvalue weighted by Crippen LogP contribution is -1.97. The standard InChI is InChI=1S/C11H17NOS/c1-9(2)8-10-4-6-11(7-5-10)14(3,12)13/h4-7,9,12H,8H2,1-3H3. The molecule has 0 aliphatic rings. The van der Waals surface area contributed by atoms with E-state index in [1.54, 1.807) is 12.1 Å². The van der Waals surface area contributed by atoms with Crippen LogP contribution in [0.15, 0.2) is 29.2 Å². The van der Waals surface area contributed by atoms with Gasteiger partial charge in [-0.3, -0.25) is 0 Å². The predicted octanol–water partition coefficient (Wildman–Crippen LogP) is 2.92. The summed E-state index contributed by atoms with van der Waals surface area (Å²) in [5, 5.41) is 0. The first-order valence-corrected chi connectivity index (χ1v) is 6.69. The third kappa shape index (κ3) is 3.14. The molecule has 0 spiro atoms. The van der Waals surface area contributed by atoms with Gasteiger partial charge in [0.05, 0.1) is 9.73 Å². The minimum Gasteiger partial charge on any atom is -0.249 e. The van der Waals surface area contributed by atoms with Gasteiger partial charge >= 0.3 is 0 Å². The average Bonchev–Trinajstić information content (AvgIpc) is 2.02. The van der Waals surface area contributed by atoms with Gasteiger partial charge in [-0.15, -0.1) is 0 Å².